The monoisotopic (exact) mass is 275 g/mol. The van der Waals surface area contributed by atoms with Crippen LogP contribution in [0.1, 0.15) is 30.5 Å². The minimum Gasteiger partial charge on any atom is -0.310 e. The number of hydrogen-bond acceptors (Lipinski definition) is 1. The van der Waals surface area contributed by atoms with Crippen molar-refractivity contribution in [2.45, 2.75) is 25.8 Å². The van der Waals surface area contributed by atoms with Crippen LogP contribution in [0.3, 0.4) is 0 Å². The van der Waals surface area contributed by atoms with Crippen molar-refractivity contribution in [2.75, 3.05) is 6.54 Å². The second-order valence-corrected chi connectivity index (χ2v) is 4.81. The zero-order valence-corrected chi connectivity index (χ0v) is 11.6. The van der Waals surface area contributed by atoms with E-state index in [-0.39, 0.29) is 6.04 Å². The van der Waals surface area contributed by atoms with Crippen LogP contribution in [0.2, 0.25) is 0 Å². The van der Waals surface area contributed by atoms with Gasteiger partial charge in [0, 0.05) is 6.04 Å². The molecule has 1 unspecified atom stereocenters. The predicted octanol–water partition coefficient (Wildman–Crippen LogP) is 4.25. The molecular weight excluding hydrogens is 256 g/mol. The highest BCUT2D eigenvalue weighted by Crippen LogP contribution is 2.21. The van der Waals surface area contributed by atoms with Crippen LogP contribution in [0.5, 0.6) is 0 Å². The molecule has 20 heavy (non-hydrogen) atoms. The first-order valence-corrected chi connectivity index (χ1v) is 6.93. The molecule has 0 saturated heterocycles. The quantitative estimate of drug-likeness (QED) is 0.831. The molecule has 0 aliphatic rings. The lowest BCUT2D eigenvalue weighted by atomic mass is 9.98. The van der Waals surface area contributed by atoms with E-state index in [4.69, 9.17) is 0 Å². The van der Waals surface area contributed by atoms with Crippen LogP contribution in [-0.4, -0.2) is 6.54 Å². The molecule has 3 heteroatoms. The minimum atomic E-state index is -0.799. The number of nitrogens with one attached hydrogen (secondary N) is 1. The number of rotatable bonds is 6. The summed E-state index contributed by atoms with van der Waals surface area (Å²) in [6.45, 7) is 2.80. The van der Waals surface area contributed by atoms with Crippen molar-refractivity contribution in [3.8, 4) is 0 Å². The van der Waals surface area contributed by atoms with Gasteiger partial charge in [-0.3, -0.25) is 0 Å². The molecule has 0 radical (unpaired) electrons. The van der Waals surface area contributed by atoms with Gasteiger partial charge in [0.25, 0.3) is 0 Å². The molecule has 0 heterocycles. The van der Waals surface area contributed by atoms with Gasteiger partial charge in [0.2, 0.25) is 0 Å². The molecule has 1 N–H and O–H groups in total. The Morgan fingerprint density at radius 3 is 2.40 bits per heavy atom. The molecule has 1 atom stereocenters. The lowest BCUT2D eigenvalue weighted by molar-refractivity contribution is 0.488. The summed E-state index contributed by atoms with van der Waals surface area (Å²) in [7, 11) is 0. The van der Waals surface area contributed by atoms with Gasteiger partial charge in [-0.2, -0.15) is 0 Å². The lowest BCUT2D eigenvalue weighted by Gasteiger charge is -2.18. The van der Waals surface area contributed by atoms with Crippen molar-refractivity contribution in [3.05, 3.63) is 71.3 Å². The van der Waals surface area contributed by atoms with Crippen molar-refractivity contribution in [1.29, 1.82) is 0 Å². The smallest absolute Gasteiger partial charge is 0.159 e. The first-order chi connectivity index (χ1) is 9.70. The maximum absolute atomic E-state index is 13.3. The van der Waals surface area contributed by atoms with Crippen molar-refractivity contribution in [1.82, 2.24) is 5.32 Å². The normalized spacial score (nSPS) is 12.3. The highest BCUT2D eigenvalue weighted by atomic mass is 19.2. The average molecular weight is 275 g/mol. The van der Waals surface area contributed by atoms with E-state index in [0.717, 1.165) is 24.9 Å². The van der Waals surface area contributed by atoms with Crippen molar-refractivity contribution in [2.24, 2.45) is 0 Å². The van der Waals surface area contributed by atoms with Crippen LogP contribution in [0.4, 0.5) is 8.78 Å². The Hall–Kier alpha value is -1.74. The van der Waals surface area contributed by atoms with Gasteiger partial charge in [-0.05, 0) is 42.6 Å². The molecular formula is C17H19F2N. The molecule has 2 aromatic carbocycles. The summed E-state index contributed by atoms with van der Waals surface area (Å²) in [6.07, 6.45) is 1.75. The third-order valence-electron chi connectivity index (χ3n) is 3.36. The van der Waals surface area contributed by atoms with E-state index in [1.165, 1.54) is 17.7 Å². The van der Waals surface area contributed by atoms with Crippen LogP contribution >= 0.6 is 0 Å². The number of hydrogen-bond donors (Lipinski definition) is 1. The summed E-state index contributed by atoms with van der Waals surface area (Å²) in [4.78, 5) is 0. The summed E-state index contributed by atoms with van der Waals surface area (Å²) >= 11 is 0. The van der Waals surface area contributed by atoms with Crippen LogP contribution in [-0.2, 0) is 6.42 Å². The molecule has 0 amide bonds. The van der Waals surface area contributed by atoms with Crippen LogP contribution < -0.4 is 5.32 Å². The molecule has 0 spiro atoms. The van der Waals surface area contributed by atoms with Gasteiger partial charge >= 0.3 is 0 Å². The predicted molar refractivity (Wildman–Crippen MR) is 77.5 cm³/mol. The highest BCUT2D eigenvalue weighted by molar-refractivity contribution is 5.22. The van der Waals surface area contributed by atoms with Crippen molar-refractivity contribution >= 4 is 0 Å². The molecule has 1 nitrogen and oxygen atoms in total. The fraction of sp³-hybridized carbons (Fsp3) is 0.294. The Balaban J connectivity index is 2.08. The Bertz CT molecular complexity index is 540. The Morgan fingerprint density at radius 1 is 1.00 bits per heavy atom. The summed E-state index contributed by atoms with van der Waals surface area (Å²) in [5.41, 5.74) is 2.04. The second-order valence-electron chi connectivity index (χ2n) is 4.81. The average Bonchev–Trinajstić information content (AvgIpc) is 2.47. The largest absolute Gasteiger partial charge is 0.310 e. The topological polar surface area (TPSA) is 12.0 Å². The highest BCUT2D eigenvalue weighted by Gasteiger charge is 2.13. The molecule has 0 aliphatic heterocycles. The van der Waals surface area contributed by atoms with E-state index in [9.17, 15) is 8.78 Å². The van der Waals surface area contributed by atoms with E-state index in [1.54, 1.807) is 6.07 Å². The van der Waals surface area contributed by atoms with E-state index >= 15 is 0 Å². The third-order valence-corrected chi connectivity index (χ3v) is 3.36. The van der Waals surface area contributed by atoms with Gasteiger partial charge in [-0.15, -0.1) is 0 Å². The Kier molecular flexibility index (Phi) is 5.24. The van der Waals surface area contributed by atoms with E-state index in [1.807, 2.05) is 25.1 Å². The third kappa shape index (κ3) is 3.87. The summed E-state index contributed by atoms with van der Waals surface area (Å²) in [6, 6.07) is 14.3. The zero-order valence-electron chi connectivity index (χ0n) is 11.6. The Morgan fingerprint density at radius 2 is 1.75 bits per heavy atom. The summed E-state index contributed by atoms with van der Waals surface area (Å²) in [5.74, 6) is -1.59. The van der Waals surface area contributed by atoms with Gasteiger partial charge < -0.3 is 5.32 Å². The van der Waals surface area contributed by atoms with Gasteiger partial charge in [0.1, 0.15) is 0 Å². The van der Waals surface area contributed by atoms with E-state index < -0.39 is 11.6 Å². The van der Waals surface area contributed by atoms with Gasteiger partial charge in [-0.1, -0.05) is 43.3 Å². The maximum Gasteiger partial charge on any atom is 0.159 e. The lowest BCUT2D eigenvalue weighted by Crippen LogP contribution is -2.21. The summed E-state index contributed by atoms with van der Waals surface area (Å²) < 4.78 is 26.3. The molecule has 2 rings (SSSR count). The van der Waals surface area contributed by atoms with E-state index in [2.05, 4.69) is 17.4 Å². The number of aryl methyl sites for hydroxylation is 1. The molecule has 2 aromatic rings. The number of halogens is 2. The van der Waals surface area contributed by atoms with Crippen LogP contribution in [0.25, 0.3) is 0 Å². The molecule has 0 fully saturated rings. The molecule has 0 aliphatic carbocycles. The van der Waals surface area contributed by atoms with Crippen molar-refractivity contribution < 1.29 is 8.78 Å². The second kappa shape index (κ2) is 7.15. The first-order valence-electron chi connectivity index (χ1n) is 6.93. The zero-order chi connectivity index (χ0) is 14.4. The maximum atomic E-state index is 13.3. The van der Waals surface area contributed by atoms with Crippen LogP contribution in [0.15, 0.2) is 48.5 Å². The van der Waals surface area contributed by atoms with Gasteiger partial charge in [0.05, 0.1) is 0 Å². The van der Waals surface area contributed by atoms with Crippen molar-refractivity contribution in [3.63, 3.8) is 0 Å². The number of benzene rings is 2. The van der Waals surface area contributed by atoms with E-state index in [0.29, 0.717) is 0 Å². The van der Waals surface area contributed by atoms with Crippen LogP contribution in [0, 0.1) is 11.6 Å². The molecule has 106 valence electrons. The molecule has 0 bridgehead atoms. The van der Waals surface area contributed by atoms with Gasteiger partial charge in [0.15, 0.2) is 11.6 Å². The standard InChI is InChI=1S/C17H19F2N/c1-2-20-17(11-8-13-6-4-3-5-7-13)14-9-10-15(18)16(19)12-14/h3-7,9-10,12,17,20H,2,8,11H2,1H3. The minimum absolute atomic E-state index is 0.0373. The first kappa shape index (κ1) is 14.7. The van der Waals surface area contributed by atoms with Gasteiger partial charge in [-0.25, -0.2) is 8.78 Å². The SMILES string of the molecule is CCNC(CCc1ccccc1)c1ccc(F)c(F)c1. The molecule has 0 aromatic heterocycles. The molecule has 0 saturated carbocycles. The Labute approximate surface area is 118 Å². The fourth-order valence-corrected chi connectivity index (χ4v) is 2.32. The summed E-state index contributed by atoms with van der Waals surface area (Å²) in [5, 5.41) is 3.33. The fourth-order valence-electron chi connectivity index (χ4n) is 2.32.